The Morgan fingerprint density at radius 2 is 1.91 bits per heavy atom. The predicted molar refractivity (Wildman–Crippen MR) is 88.1 cm³/mol. The van der Waals surface area contributed by atoms with Crippen molar-refractivity contribution in [1.29, 1.82) is 0 Å². The van der Waals surface area contributed by atoms with Gasteiger partial charge in [0.15, 0.2) is 0 Å². The molecule has 2 N–H and O–H groups in total. The Hall–Kier alpha value is -1.57. The molecule has 0 aliphatic heterocycles. The molecule has 0 aromatic heterocycles. The zero-order valence-corrected chi connectivity index (χ0v) is 14.5. The van der Waals surface area contributed by atoms with Gasteiger partial charge in [-0.3, -0.25) is 4.72 Å². The molecular weight excluding hydrogens is 394 g/mol. The number of hydrogen-bond acceptors (Lipinski definition) is 3. The highest BCUT2D eigenvalue weighted by atomic mass is 79.9. The number of carboxylic acids is 1. The summed E-state index contributed by atoms with van der Waals surface area (Å²) in [6, 6.07) is 8.79. The second-order valence-corrected chi connectivity index (χ2v) is 7.49. The Morgan fingerprint density at radius 1 is 1.23 bits per heavy atom. The number of halogens is 2. The lowest BCUT2D eigenvalue weighted by Gasteiger charge is -2.11. The van der Waals surface area contributed by atoms with E-state index in [0.717, 1.165) is 0 Å². The minimum absolute atomic E-state index is 0.0362. The highest BCUT2D eigenvalue weighted by molar-refractivity contribution is 9.10. The van der Waals surface area contributed by atoms with Crippen molar-refractivity contribution in [2.75, 3.05) is 4.72 Å². The molecule has 0 heterocycles. The largest absolute Gasteiger partial charge is 0.478 e. The van der Waals surface area contributed by atoms with Gasteiger partial charge in [-0.15, -0.1) is 0 Å². The zero-order valence-electron chi connectivity index (χ0n) is 11.3. The molecule has 0 aliphatic rings. The Kier molecular flexibility index (Phi) is 4.79. The van der Waals surface area contributed by atoms with Gasteiger partial charge in [-0.2, -0.15) is 0 Å². The topological polar surface area (TPSA) is 83.5 Å². The monoisotopic (exact) mass is 403 g/mol. The summed E-state index contributed by atoms with van der Waals surface area (Å²) in [5, 5.41) is 9.05. The van der Waals surface area contributed by atoms with Gasteiger partial charge in [-0.25, -0.2) is 13.2 Å². The number of benzene rings is 2. The molecule has 0 spiro atoms. The molecule has 0 radical (unpaired) electrons. The Labute approximate surface area is 141 Å². The van der Waals surface area contributed by atoms with Crippen LogP contribution in [0.1, 0.15) is 15.9 Å². The maximum atomic E-state index is 12.4. The summed E-state index contributed by atoms with van der Waals surface area (Å²) in [4.78, 5) is 11.1. The fourth-order valence-corrected chi connectivity index (χ4v) is 3.86. The van der Waals surface area contributed by atoms with E-state index in [1.165, 1.54) is 24.3 Å². The second kappa shape index (κ2) is 6.28. The highest BCUT2D eigenvalue weighted by Gasteiger charge is 2.18. The van der Waals surface area contributed by atoms with E-state index in [4.69, 9.17) is 16.7 Å². The lowest BCUT2D eigenvalue weighted by Crippen LogP contribution is -2.14. The van der Waals surface area contributed by atoms with Gasteiger partial charge in [0, 0.05) is 10.2 Å². The van der Waals surface area contributed by atoms with E-state index >= 15 is 0 Å². The van der Waals surface area contributed by atoms with Crippen molar-refractivity contribution in [3.8, 4) is 0 Å². The molecule has 0 atom stereocenters. The van der Waals surface area contributed by atoms with Crippen LogP contribution in [0.5, 0.6) is 0 Å². The van der Waals surface area contributed by atoms with E-state index in [-0.39, 0.29) is 21.2 Å². The summed E-state index contributed by atoms with van der Waals surface area (Å²) < 4.78 is 27.8. The normalized spacial score (nSPS) is 11.2. The quantitative estimate of drug-likeness (QED) is 0.809. The van der Waals surface area contributed by atoms with Crippen LogP contribution in [0.4, 0.5) is 5.69 Å². The lowest BCUT2D eigenvalue weighted by atomic mass is 10.2. The third-order valence-corrected chi connectivity index (χ3v) is 5.23. The van der Waals surface area contributed by atoms with E-state index in [1.807, 2.05) is 0 Å². The SMILES string of the molecule is Cc1ccc(Br)cc1S(=O)(=O)Nc1ccc(Cl)c(C(=O)O)c1. The van der Waals surface area contributed by atoms with Crippen LogP contribution in [-0.4, -0.2) is 19.5 Å². The fourth-order valence-electron chi connectivity index (χ4n) is 1.83. The maximum Gasteiger partial charge on any atom is 0.337 e. The van der Waals surface area contributed by atoms with E-state index in [1.54, 1.807) is 19.1 Å². The van der Waals surface area contributed by atoms with Gasteiger partial charge in [0.1, 0.15) is 0 Å². The van der Waals surface area contributed by atoms with Gasteiger partial charge >= 0.3 is 5.97 Å². The smallest absolute Gasteiger partial charge is 0.337 e. The fraction of sp³-hybridized carbons (Fsp3) is 0.0714. The molecule has 5 nitrogen and oxygen atoms in total. The average molecular weight is 405 g/mol. The minimum Gasteiger partial charge on any atom is -0.478 e. The number of sulfonamides is 1. The molecule has 0 unspecified atom stereocenters. The zero-order chi connectivity index (χ0) is 16.5. The van der Waals surface area contributed by atoms with Crippen molar-refractivity contribution >= 4 is 49.2 Å². The molecule has 0 saturated heterocycles. The number of nitrogens with one attached hydrogen (secondary N) is 1. The molecule has 2 aromatic rings. The summed E-state index contributed by atoms with van der Waals surface area (Å²) in [6.45, 7) is 1.67. The van der Waals surface area contributed by atoms with Crippen molar-refractivity contribution in [3.63, 3.8) is 0 Å². The lowest BCUT2D eigenvalue weighted by molar-refractivity contribution is 0.0697. The third-order valence-electron chi connectivity index (χ3n) is 2.89. The Balaban J connectivity index is 2.43. The van der Waals surface area contributed by atoms with Gasteiger partial charge in [0.2, 0.25) is 0 Å². The first-order valence-electron chi connectivity index (χ1n) is 6.02. The number of carbonyl (C=O) groups is 1. The number of hydrogen-bond donors (Lipinski definition) is 2. The second-order valence-electron chi connectivity index (χ2n) is 4.52. The predicted octanol–water partition coefficient (Wildman–Crippen LogP) is 3.91. The summed E-state index contributed by atoms with van der Waals surface area (Å²) in [5.41, 5.74) is 0.525. The standard InChI is InChI=1S/C14H11BrClNO4S/c1-8-2-3-9(15)6-13(8)22(20,21)17-10-4-5-12(16)11(7-10)14(18)19/h2-7,17H,1H3,(H,18,19). The summed E-state index contributed by atoms with van der Waals surface area (Å²) in [5.74, 6) is -1.23. The van der Waals surface area contributed by atoms with Gasteiger partial charge in [-0.05, 0) is 42.8 Å². The van der Waals surface area contributed by atoms with E-state index in [2.05, 4.69) is 20.7 Å². The molecule has 0 saturated carbocycles. The number of carboxylic acid groups (broad SMARTS) is 1. The van der Waals surface area contributed by atoms with Crippen molar-refractivity contribution < 1.29 is 18.3 Å². The molecule has 0 fully saturated rings. The van der Waals surface area contributed by atoms with Gasteiger partial charge in [0.25, 0.3) is 10.0 Å². The molecule has 116 valence electrons. The number of rotatable bonds is 4. The van der Waals surface area contributed by atoms with E-state index in [9.17, 15) is 13.2 Å². The highest BCUT2D eigenvalue weighted by Crippen LogP contribution is 2.25. The number of anilines is 1. The van der Waals surface area contributed by atoms with Crippen LogP contribution in [0.2, 0.25) is 5.02 Å². The summed E-state index contributed by atoms with van der Waals surface area (Å²) in [6.07, 6.45) is 0. The number of aryl methyl sites for hydroxylation is 1. The van der Waals surface area contributed by atoms with E-state index < -0.39 is 16.0 Å². The molecule has 8 heteroatoms. The minimum atomic E-state index is -3.84. The average Bonchev–Trinajstić information content (AvgIpc) is 2.43. The maximum absolute atomic E-state index is 12.4. The van der Waals surface area contributed by atoms with Crippen molar-refractivity contribution in [3.05, 3.63) is 57.0 Å². The van der Waals surface area contributed by atoms with Crippen molar-refractivity contribution in [2.24, 2.45) is 0 Å². The van der Waals surface area contributed by atoms with Crippen LogP contribution in [0.3, 0.4) is 0 Å². The van der Waals surface area contributed by atoms with Gasteiger partial charge in [-0.1, -0.05) is 33.6 Å². The van der Waals surface area contributed by atoms with Crippen LogP contribution < -0.4 is 4.72 Å². The molecule has 2 aromatic carbocycles. The molecule has 0 aliphatic carbocycles. The number of aromatic carboxylic acids is 1. The molecule has 2 rings (SSSR count). The van der Waals surface area contributed by atoms with E-state index in [0.29, 0.717) is 10.0 Å². The van der Waals surface area contributed by atoms with Gasteiger partial charge < -0.3 is 5.11 Å². The van der Waals surface area contributed by atoms with Crippen LogP contribution in [0, 0.1) is 6.92 Å². The first-order chi connectivity index (χ1) is 10.2. The van der Waals surface area contributed by atoms with Crippen molar-refractivity contribution in [1.82, 2.24) is 0 Å². The molecule has 0 amide bonds. The third kappa shape index (κ3) is 3.60. The van der Waals surface area contributed by atoms with Crippen LogP contribution in [0.15, 0.2) is 45.8 Å². The first kappa shape index (κ1) is 16.8. The summed E-state index contributed by atoms with van der Waals surface area (Å²) >= 11 is 8.99. The Morgan fingerprint density at radius 3 is 2.55 bits per heavy atom. The molecule has 22 heavy (non-hydrogen) atoms. The molecular formula is C14H11BrClNO4S. The van der Waals surface area contributed by atoms with Gasteiger partial charge in [0.05, 0.1) is 15.5 Å². The summed E-state index contributed by atoms with van der Waals surface area (Å²) in [7, 11) is -3.84. The van der Waals surface area contributed by atoms with Crippen LogP contribution in [-0.2, 0) is 10.0 Å². The van der Waals surface area contributed by atoms with Crippen LogP contribution >= 0.6 is 27.5 Å². The first-order valence-corrected chi connectivity index (χ1v) is 8.68. The molecule has 0 bridgehead atoms. The Bertz CT molecular complexity index is 852. The van der Waals surface area contributed by atoms with Crippen molar-refractivity contribution in [2.45, 2.75) is 11.8 Å². The van der Waals surface area contributed by atoms with Crippen LogP contribution in [0.25, 0.3) is 0 Å².